The quantitative estimate of drug-likeness (QED) is 0.849. The van der Waals surface area contributed by atoms with Crippen LogP contribution in [0.5, 0.6) is 0 Å². The zero-order chi connectivity index (χ0) is 11.5. The number of carboxylic acid groups (broad SMARTS) is 1. The average molecular weight is 223 g/mol. The van der Waals surface area contributed by atoms with Gasteiger partial charge < -0.3 is 5.11 Å². The van der Waals surface area contributed by atoms with E-state index in [2.05, 4.69) is 4.90 Å². The van der Waals surface area contributed by atoms with E-state index < -0.39 is 5.97 Å². The number of carboxylic acids is 1. The lowest BCUT2D eigenvalue weighted by Gasteiger charge is -2.12. The van der Waals surface area contributed by atoms with Gasteiger partial charge in [-0.1, -0.05) is 6.07 Å². The third-order valence-electron chi connectivity index (χ3n) is 2.85. The van der Waals surface area contributed by atoms with Crippen LogP contribution in [0.1, 0.15) is 27.9 Å². The predicted octanol–water partition coefficient (Wildman–Crippen LogP) is 2.06. The van der Waals surface area contributed by atoms with E-state index in [4.69, 9.17) is 5.11 Å². The first kappa shape index (κ1) is 11.1. The Balaban J connectivity index is 2.09. The highest BCUT2D eigenvalue weighted by Crippen LogP contribution is 2.23. The molecule has 1 N–H and O–H groups in total. The molecule has 0 saturated carbocycles. The van der Waals surface area contributed by atoms with Crippen LogP contribution >= 0.6 is 0 Å². The van der Waals surface area contributed by atoms with Crippen molar-refractivity contribution in [3.63, 3.8) is 0 Å². The number of hydrogen-bond donors (Lipinski definition) is 1. The fourth-order valence-electron chi connectivity index (χ4n) is 2.04. The molecule has 0 radical (unpaired) electrons. The zero-order valence-corrected chi connectivity index (χ0v) is 8.95. The van der Waals surface area contributed by atoms with Crippen LogP contribution in [-0.4, -0.2) is 29.2 Å². The second-order valence-electron chi connectivity index (χ2n) is 4.04. The molecule has 0 spiro atoms. The fourth-order valence-corrected chi connectivity index (χ4v) is 2.04. The van der Waals surface area contributed by atoms with Gasteiger partial charge in [-0.3, -0.25) is 9.29 Å². The highest BCUT2D eigenvalue weighted by atomic mass is 19.1. The predicted molar refractivity (Wildman–Crippen MR) is 58.1 cm³/mol. The van der Waals surface area contributed by atoms with Crippen molar-refractivity contribution in [3.05, 3.63) is 34.9 Å². The maximum absolute atomic E-state index is 12.0. The van der Waals surface area contributed by atoms with Crippen molar-refractivity contribution in [2.45, 2.75) is 19.5 Å². The first-order valence-corrected chi connectivity index (χ1v) is 5.34. The van der Waals surface area contributed by atoms with Crippen molar-refractivity contribution in [1.29, 1.82) is 0 Å². The molecule has 0 fully saturated rings. The van der Waals surface area contributed by atoms with Crippen LogP contribution in [0.25, 0.3) is 0 Å². The summed E-state index contributed by atoms with van der Waals surface area (Å²) >= 11 is 0. The summed E-state index contributed by atoms with van der Waals surface area (Å²) in [7, 11) is 0. The number of fused-ring (bicyclic) bond motifs is 1. The van der Waals surface area contributed by atoms with Gasteiger partial charge in [-0.25, -0.2) is 4.79 Å². The molecule has 1 aliphatic rings. The Hall–Kier alpha value is -1.42. The molecule has 0 aromatic heterocycles. The first-order chi connectivity index (χ1) is 7.70. The van der Waals surface area contributed by atoms with Crippen molar-refractivity contribution in [1.82, 2.24) is 4.90 Å². The van der Waals surface area contributed by atoms with Crippen molar-refractivity contribution >= 4 is 5.97 Å². The topological polar surface area (TPSA) is 40.5 Å². The number of nitrogens with zero attached hydrogens (tertiary/aromatic N) is 1. The number of halogens is 1. The highest BCUT2D eigenvalue weighted by Gasteiger charge is 2.19. The molecule has 0 saturated heterocycles. The second-order valence-corrected chi connectivity index (χ2v) is 4.04. The minimum Gasteiger partial charge on any atom is -0.478 e. The monoisotopic (exact) mass is 223 g/mol. The van der Waals surface area contributed by atoms with Gasteiger partial charge in [0.05, 0.1) is 12.2 Å². The average Bonchev–Trinajstić information content (AvgIpc) is 2.67. The molecule has 0 unspecified atom stereocenters. The molecule has 86 valence electrons. The Labute approximate surface area is 93.5 Å². The maximum atomic E-state index is 12.0. The smallest absolute Gasteiger partial charge is 0.335 e. The van der Waals surface area contributed by atoms with E-state index in [1.807, 2.05) is 6.07 Å². The lowest BCUT2D eigenvalue weighted by Crippen LogP contribution is -2.17. The van der Waals surface area contributed by atoms with E-state index in [1.54, 1.807) is 12.1 Å². The van der Waals surface area contributed by atoms with Crippen LogP contribution in [0.2, 0.25) is 0 Å². The molecule has 0 atom stereocenters. The van der Waals surface area contributed by atoms with Gasteiger partial charge in [-0.15, -0.1) is 0 Å². The van der Waals surface area contributed by atoms with Gasteiger partial charge >= 0.3 is 5.97 Å². The number of alkyl halides is 1. The highest BCUT2D eigenvalue weighted by molar-refractivity contribution is 5.87. The number of hydrogen-bond acceptors (Lipinski definition) is 2. The second kappa shape index (κ2) is 4.61. The van der Waals surface area contributed by atoms with Gasteiger partial charge in [0.2, 0.25) is 0 Å². The van der Waals surface area contributed by atoms with E-state index >= 15 is 0 Å². The maximum Gasteiger partial charge on any atom is 0.335 e. The molecule has 3 nitrogen and oxygen atoms in total. The summed E-state index contributed by atoms with van der Waals surface area (Å²) in [6.45, 7) is 1.96. The Morgan fingerprint density at radius 1 is 1.38 bits per heavy atom. The largest absolute Gasteiger partial charge is 0.478 e. The van der Waals surface area contributed by atoms with Gasteiger partial charge in [0, 0.05) is 19.6 Å². The van der Waals surface area contributed by atoms with Crippen LogP contribution in [0.15, 0.2) is 18.2 Å². The number of rotatable bonds is 4. The van der Waals surface area contributed by atoms with E-state index in [0.29, 0.717) is 12.0 Å². The molecule has 4 heteroatoms. The minimum atomic E-state index is -0.898. The molecule has 0 amide bonds. The SMILES string of the molecule is O=C(O)c1ccc2c(c1)CN(CCCF)C2. The molecule has 1 aromatic carbocycles. The molecule has 0 aliphatic carbocycles. The lowest BCUT2D eigenvalue weighted by molar-refractivity contribution is 0.0696. The molecule has 1 aromatic rings. The summed E-state index contributed by atoms with van der Waals surface area (Å²) in [6.07, 6.45) is 0.541. The summed E-state index contributed by atoms with van der Waals surface area (Å²) in [5.74, 6) is -0.898. The van der Waals surface area contributed by atoms with Crippen LogP contribution in [0.4, 0.5) is 4.39 Å². The van der Waals surface area contributed by atoms with Gasteiger partial charge in [-0.05, 0) is 29.7 Å². The number of benzene rings is 1. The molecule has 2 rings (SSSR count). The summed E-state index contributed by atoms with van der Waals surface area (Å²) < 4.78 is 12.0. The van der Waals surface area contributed by atoms with Crippen molar-refractivity contribution < 1.29 is 14.3 Å². The van der Waals surface area contributed by atoms with E-state index in [9.17, 15) is 9.18 Å². The van der Waals surface area contributed by atoms with Crippen molar-refractivity contribution in [2.75, 3.05) is 13.2 Å². The molecule has 1 heterocycles. The minimum absolute atomic E-state index is 0.298. The van der Waals surface area contributed by atoms with Gasteiger partial charge in [0.1, 0.15) is 0 Å². The molecule has 16 heavy (non-hydrogen) atoms. The van der Waals surface area contributed by atoms with E-state index in [-0.39, 0.29) is 6.67 Å². The third-order valence-corrected chi connectivity index (χ3v) is 2.85. The first-order valence-electron chi connectivity index (χ1n) is 5.34. The summed E-state index contributed by atoms with van der Waals surface area (Å²) in [5, 5.41) is 8.86. The number of carbonyl (C=O) groups is 1. The normalized spacial score (nSPS) is 15.1. The van der Waals surface area contributed by atoms with Gasteiger partial charge in [0.25, 0.3) is 0 Å². The summed E-state index contributed by atoms with van der Waals surface area (Å²) in [4.78, 5) is 12.9. The van der Waals surface area contributed by atoms with Crippen LogP contribution < -0.4 is 0 Å². The molecular formula is C12H14FNO2. The number of aromatic carboxylic acids is 1. The third kappa shape index (κ3) is 2.22. The van der Waals surface area contributed by atoms with Crippen LogP contribution in [0.3, 0.4) is 0 Å². The zero-order valence-electron chi connectivity index (χ0n) is 8.95. The van der Waals surface area contributed by atoms with E-state index in [1.165, 1.54) is 0 Å². The Kier molecular flexibility index (Phi) is 3.19. The lowest BCUT2D eigenvalue weighted by atomic mass is 10.1. The Bertz CT molecular complexity index is 406. The Morgan fingerprint density at radius 2 is 2.12 bits per heavy atom. The van der Waals surface area contributed by atoms with Crippen molar-refractivity contribution in [3.8, 4) is 0 Å². The van der Waals surface area contributed by atoms with Crippen LogP contribution in [0, 0.1) is 0 Å². The Morgan fingerprint density at radius 3 is 2.81 bits per heavy atom. The van der Waals surface area contributed by atoms with E-state index in [0.717, 1.165) is 30.8 Å². The molecular weight excluding hydrogens is 209 g/mol. The van der Waals surface area contributed by atoms with Crippen molar-refractivity contribution in [2.24, 2.45) is 0 Å². The standard InChI is InChI=1S/C12H14FNO2/c13-4-1-5-14-7-10-3-2-9(12(15)16)6-11(10)8-14/h2-3,6H,1,4-5,7-8H2,(H,15,16). The summed E-state index contributed by atoms with van der Waals surface area (Å²) in [6, 6.07) is 5.20. The molecule has 1 aliphatic heterocycles. The van der Waals surface area contributed by atoms with Gasteiger partial charge in [-0.2, -0.15) is 0 Å². The van der Waals surface area contributed by atoms with Crippen LogP contribution in [-0.2, 0) is 13.1 Å². The summed E-state index contributed by atoms with van der Waals surface area (Å²) in [5.41, 5.74) is 2.54. The fraction of sp³-hybridized carbons (Fsp3) is 0.417. The van der Waals surface area contributed by atoms with Gasteiger partial charge in [0.15, 0.2) is 0 Å². The molecule has 0 bridgehead atoms.